The van der Waals surface area contributed by atoms with Crippen LogP contribution in [-0.2, 0) is 21.4 Å². The number of esters is 1. The first-order chi connectivity index (χ1) is 15.8. The fourth-order valence-corrected chi connectivity index (χ4v) is 5.33. The Bertz CT molecular complexity index is 1110. The molecule has 9 heteroatoms. The molecule has 0 atom stereocenters. The van der Waals surface area contributed by atoms with Crippen molar-refractivity contribution in [1.29, 1.82) is 5.26 Å². The van der Waals surface area contributed by atoms with Crippen LogP contribution in [0.2, 0.25) is 0 Å². The normalized spacial score (nSPS) is 14.5. The number of piperidine rings is 1. The lowest BCUT2D eigenvalue weighted by molar-refractivity contribution is -0.135. The fourth-order valence-electron chi connectivity index (χ4n) is 3.81. The predicted octanol–water partition coefficient (Wildman–Crippen LogP) is 3.74. The molecule has 0 radical (unpaired) electrons. The number of nitriles is 1. The molecule has 2 aromatic carbocycles. The lowest BCUT2D eigenvalue weighted by Crippen LogP contribution is -2.32. The molecular formula is C24H28FN3O4S. The summed E-state index contributed by atoms with van der Waals surface area (Å²) in [6.45, 7) is 3.49. The van der Waals surface area contributed by atoms with Gasteiger partial charge in [-0.15, -0.1) is 0 Å². The standard InChI is InChI=1S/C24H28FN3O4S/c1-2-13-33(30,31)28(17-19-3-5-21(25)6-4-19)22-7-8-23(20(15-22)16-26)32-24(29)14-18-9-11-27-12-10-18/h3-8,15,18,27H,2,9-14,17H2,1H3. The van der Waals surface area contributed by atoms with Gasteiger partial charge < -0.3 is 10.1 Å². The number of nitrogens with one attached hydrogen (secondary N) is 1. The van der Waals surface area contributed by atoms with Crippen LogP contribution in [0.3, 0.4) is 0 Å². The summed E-state index contributed by atoms with van der Waals surface area (Å²) in [5.74, 6) is -0.552. The molecule has 0 spiro atoms. The topological polar surface area (TPSA) is 99.5 Å². The van der Waals surface area contributed by atoms with Crippen molar-refractivity contribution in [3.63, 3.8) is 0 Å². The largest absolute Gasteiger partial charge is 0.425 e. The SMILES string of the molecule is CCCS(=O)(=O)N(Cc1ccc(F)cc1)c1ccc(OC(=O)CC2CCNCC2)c(C#N)c1. The molecule has 7 nitrogen and oxygen atoms in total. The van der Waals surface area contributed by atoms with Gasteiger partial charge in [-0.25, -0.2) is 12.8 Å². The third-order valence-corrected chi connectivity index (χ3v) is 7.48. The molecule has 1 aliphatic rings. The first-order valence-corrected chi connectivity index (χ1v) is 12.6. The monoisotopic (exact) mass is 473 g/mol. The molecule has 0 amide bonds. The first-order valence-electron chi connectivity index (χ1n) is 11.0. The Kier molecular flexibility index (Phi) is 8.42. The van der Waals surface area contributed by atoms with Gasteiger partial charge in [0.25, 0.3) is 0 Å². The van der Waals surface area contributed by atoms with Gasteiger partial charge in [-0.05, 0) is 74.2 Å². The smallest absolute Gasteiger partial charge is 0.311 e. The molecule has 0 aromatic heterocycles. The number of hydrogen-bond donors (Lipinski definition) is 1. The van der Waals surface area contributed by atoms with Crippen molar-refractivity contribution in [2.45, 2.75) is 39.2 Å². The molecule has 176 valence electrons. The third kappa shape index (κ3) is 6.76. The maximum absolute atomic E-state index is 13.3. The summed E-state index contributed by atoms with van der Waals surface area (Å²) in [6, 6.07) is 12.0. The summed E-state index contributed by atoms with van der Waals surface area (Å²) in [6.07, 6.45) is 2.48. The van der Waals surface area contributed by atoms with Crippen molar-refractivity contribution < 1.29 is 22.3 Å². The minimum absolute atomic E-state index is 0.0116. The van der Waals surface area contributed by atoms with E-state index in [1.807, 2.05) is 6.07 Å². The second-order valence-electron chi connectivity index (χ2n) is 8.11. The second kappa shape index (κ2) is 11.3. The number of anilines is 1. The van der Waals surface area contributed by atoms with Crippen molar-refractivity contribution in [1.82, 2.24) is 5.32 Å². The molecule has 1 heterocycles. The van der Waals surface area contributed by atoms with Crippen LogP contribution in [0.15, 0.2) is 42.5 Å². The Morgan fingerprint density at radius 2 is 1.91 bits per heavy atom. The zero-order valence-corrected chi connectivity index (χ0v) is 19.4. The van der Waals surface area contributed by atoms with Gasteiger partial charge in [0.05, 0.1) is 23.5 Å². The van der Waals surface area contributed by atoms with Crippen LogP contribution in [0, 0.1) is 23.1 Å². The van der Waals surface area contributed by atoms with E-state index in [-0.39, 0.29) is 41.6 Å². The zero-order chi connectivity index (χ0) is 23.8. The van der Waals surface area contributed by atoms with E-state index in [9.17, 15) is 22.9 Å². The van der Waals surface area contributed by atoms with E-state index in [1.54, 1.807) is 6.92 Å². The van der Waals surface area contributed by atoms with Crippen LogP contribution in [0.1, 0.15) is 43.7 Å². The molecule has 3 rings (SSSR count). The van der Waals surface area contributed by atoms with E-state index < -0.39 is 21.8 Å². The molecule has 1 saturated heterocycles. The summed E-state index contributed by atoms with van der Waals surface area (Å²) < 4.78 is 45.9. The predicted molar refractivity (Wildman–Crippen MR) is 124 cm³/mol. The van der Waals surface area contributed by atoms with Gasteiger partial charge in [0.2, 0.25) is 10.0 Å². The Morgan fingerprint density at radius 1 is 1.21 bits per heavy atom. The highest BCUT2D eigenvalue weighted by Crippen LogP contribution is 2.29. The minimum atomic E-state index is -3.70. The van der Waals surface area contributed by atoms with Crippen LogP contribution in [0.25, 0.3) is 0 Å². The lowest BCUT2D eigenvalue weighted by Gasteiger charge is -2.25. The van der Waals surface area contributed by atoms with Gasteiger partial charge in [-0.1, -0.05) is 19.1 Å². The zero-order valence-electron chi connectivity index (χ0n) is 18.6. The number of rotatable bonds is 9. The molecule has 1 N–H and O–H groups in total. The van der Waals surface area contributed by atoms with Crippen LogP contribution in [0.4, 0.5) is 10.1 Å². The van der Waals surface area contributed by atoms with Gasteiger partial charge >= 0.3 is 5.97 Å². The van der Waals surface area contributed by atoms with Gasteiger partial charge in [-0.2, -0.15) is 5.26 Å². The summed E-state index contributed by atoms with van der Waals surface area (Å²) in [5.41, 5.74) is 0.955. The first kappa shape index (κ1) is 24.7. The van der Waals surface area contributed by atoms with Crippen LogP contribution in [0.5, 0.6) is 5.75 Å². The van der Waals surface area contributed by atoms with E-state index in [2.05, 4.69) is 5.32 Å². The highest BCUT2D eigenvalue weighted by Gasteiger charge is 2.24. The Morgan fingerprint density at radius 3 is 2.55 bits per heavy atom. The molecular weight excluding hydrogens is 445 g/mol. The molecule has 1 aliphatic heterocycles. The fraction of sp³-hybridized carbons (Fsp3) is 0.417. The Hall–Kier alpha value is -2.96. The van der Waals surface area contributed by atoms with Crippen molar-refractivity contribution >= 4 is 21.7 Å². The maximum Gasteiger partial charge on any atom is 0.311 e. The minimum Gasteiger partial charge on any atom is -0.425 e. The van der Waals surface area contributed by atoms with E-state index in [4.69, 9.17) is 4.74 Å². The number of halogens is 1. The molecule has 1 fully saturated rings. The van der Waals surface area contributed by atoms with Crippen molar-refractivity contribution in [2.75, 3.05) is 23.1 Å². The second-order valence-corrected chi connectivity index (χ2v) is 10.1. The van der Waals surface area contributed by atoms with E-state index >= 15 is 0 Å². The van der Waals surface area contributed by atoms with Crippen molar-refractivity contribution in [3.05, 3.63) is 59.4 Å². The highest BCUT2D eigenvalue weighted by atomic mass is 32.2. The number of carbonyl (C=O) groups excluding carboxylic acids is 1. The summed E-state index contributed by atoms with van der Waals surface area (Å²) in [7, 11) is -3.70. The molecule has 33 heavy (non-hydrogen) atoms. The maximum atomic E-state index is 13.3. The Balaban J connectivity index is 1.84. The summed E-state index contributed by atoms with van der Waals surface area (Å²) in [5, 5.41) is 12.9. The average molecular weight is 474 g/mol. The molecule has 0 unspecified atom stereocenters. The van der Waals surface area contributed by atoms with Crippen molar-refractivity contribution in [2.24, 2.45) is 5.92 Å². The van der Waals surface area contributed by atoms with Gasteiger partial charge in [0.15, 0.2) is 0 Å². The molecule has 0 bridgehead atoms. The van der Waals surface area contributed by atoms with E-state index in [1.165, 1.54) is 46.8 Å². The molecule has 2 aromatic rings. The van der Waals surface area contributed by atoms with Crippen molar-refractivity contribution in [3.8, 4) is 11.8 Å². The van der Waals surface area contributed by atoms with Gasteiger partial charge in [-0.3, -0.25) is 9.10 Å². The Labute approximate surface area is 194 Å². The average Bonchev–Trinajstić information content (AvgIpc) is 2.79. The summed E-state index contributed by atoms with van der Waals surface area (Å²) >= 11 is 0. The van der Waals surface area contributed by atoms with Gasteiger partial charge in [0.1, 0.15) is 17.6 Å². The number of benzene rings is 2. The van der Waals surface area contributed by atoms with Crippen LogP contribution < -0.4 is 14.4 Å². The molecule has 0 saturated carbocycles. The molecule has 0 aliphatic carbocycles. The lowest BCUT2D eigenvalue weighted by atomic mass is 9.95. The van der Waals surface area contributed by atoms with Crippen LogP contribution in [-0.4, -0.2) is 33.2 Å². The highest BCUT2D eigenvalue weighted by molar-refractivity contribution is 7.92. The van der Waals surface area contributed by atoms with Crippen LogP contribution >= 0.6 is 0 Å². The van der Waals surface area contributed by atoms with E-state index in [0.717, 1.165) is 25.9 Å². The number of ether oxygens (including phenoxy) is 1. The number of sulfonamides is 1. The number of nitrogens with zero attached hydrogens (tertiary/aromatic N) is 2. The quantitative estimate of drug-likeness (QED) is 0.440. The summed E-state index contributed by atoms with van der Waals surface area (Å²) in [4.78, 5) is 12.4. The van der Waals surface area contributed by atoms with E-state index in [0.29, 0.717) is 12.0 Å². The van der Waals surface area contributed by atoms with Gasteiger partial charge in [0, 0.05) is 6.42 Å². The number of hydrogen-bond acceptors (Lipinski definition) is 6. The third-order valence-electron chi connectivity index (χ3n) is 5.55. The number of carbonyl (C=O) groups is 1.